The van der Waals surface area contributed by atoms with E-state index in [0.717, 1.165) is 11.1 Å². The third-order valence-electron chi connectivity index (χ3n) is 3.66. The molecule has 0 bridgehead atoms. The molecule has 25 heavy (non-hydrogen) atoms. The topological polar surface area (TPSA) is 46.5 Å². The smallest absolute Gasteiger partial charge is 0.306 e. The normalized spacial score (nSPS) is 13.8. The van der Waals surface area contributed by atoms with Gasteiger partial charge in [-0.15, -0.1) is 0 Å². The van der Waals surface area contributed by atoms with Gasteiger partial charge in [0.05, 0.1) is 6.10 Å². The summed E-state index contributed by atoms with van der Waals surface area (Å²) in [6.07, 6.45) is 6.77. The van der Waals surface area contributed by atoms with Crippen LogP contribution in [0.15, 0.2) is 72.8 Å². The number of aliphatic hydroxyl groups is 1. The minimum atomic E-state index is -0.699. The Morgan fingerprint density at radius 1 is 0.960 bits per heavy atom. The van der Waals surface area contributed by atoms with E-state index < -0.39 is 12.2 Å². The van der Waals surface area contributed by atoms with Crippen LogP contribution in [0.25, 0.3) is 12.2 Å². The Labute approximate surface area is 149 Å². The summed E-state index contributed by atoms with van der Waals surface area (Å²) in [5.74, 6) is -0.276. The van der Waals surface area contributed by atoms with Crippen molar-refractivity contribution in [3.63, 3.8) is 0 Å². The van der Waals surface area contributed by atoms with E-state index in [-0.39, 0.29) is 5.97 Å². The molecule has 0 aromatic heterocycles. The molecule has 2 aromatic carbocycles. The fourth-order valence-corrected chi connectivity index (χ4v) is 2.30. The number of aliphatic hydroxyl groups excluding tert-OH is 1. The lowest BCUT2D eigenvalue weighted by atomic mass is 10.1. The molecule has 3 heteroatoms. The molecule has 0 spiro atoms. The van der Waals surface area contributed by atoms with Crippen molar-refractivity contribution >= 4 is 18.1 Å². The summed E-state index contributed by atoms with van der Waals surface area (Å²) in [7, 11) is 0. The lowest BCUT2D eigenvalue weighted by Gasteiger charge is -2.16. The van der Waals surface area contributed by atoms with Gasteiger partial charge in [-0.25, -0.2) is 0 Å². The Morgan fingerprint density at radius 2 is 1.48 bits per heavy atom. The van der Waals surface area contributed by atoms with Gasteiger partial charge >= 0.3 is 5.97 Å². The first kappa shape index (κ1) is 18.7. The van der Waals surface area contributed by atoms with Crippen LogP contribution in [-0.4, -0.2) is 23.3 Å². The van der Waals surface area contributed by atoms with Crippen LogP contribution in [0.4, 0.5) is 0 Å². The van der Waals surface area contributed by atoms with Gasteiger partial charge in [0.2, 0.25) is 0 Å². The van der Waals surface area contributed by atoms with Gasteiger partial charge < -0.3 is 9.84 Å². The summed E-state index contributed by atoms with van der Waals surface area (Å²) in [6, 6.07) is 19.6. The Morgan fingerprint density at radius 3 is 2.00 bits per heavy atom. The van der Waals surface area contributed by atoms with Crippen molar-refractivity contribution in [2.75, 3.05) is 0 Å². The van der Waals surface area contributed by atoms with E-state index in [9.17, 15) is 9.90 Å². The van der Waals surface area contributed by atoms with E-state index in [2.05, 4.69) is 0 Å². The number of esters is 1. The van der Waals surface area contributed by atoms with Crippen LogP contribution in [0, 0.1) is 0 Å². The zero-order valence-electron chi connectivity index (χ0n) is 14.4. The van der Waals surface area contributed by atoms with Crippen LogP contribution < -0.4 is 0 Å². The minimum Gasteiger partial charge on any atom is -0.458 e. The predicted octanol–water partition coefficient (Wildman–Crippen LogP) is 4.49. The van der Waals surface area contributed by atoms with E-state index in [1.54, 1.807) is 13.0 Å². The molecule has 0 aliphatic carbocycles. The third-order valence-corrected chi connectivity index (χ3v) is 3.66. The average Bonchev–Trinajstić information content (AvgIpc) is 2.66. The first-order valence-electron chi connectivity index (χ1n) is 8.51. The predicted molar refractivity (Wildman–Crippen MR) is 102 cm³/mol. The lowest BCUT2D eigenvalue weighted by Crippen LogP contribution is -2.20. The van der Waals surface area contributed by atoms with Crippen molar-refractivity contribution in [2.45, 2.75) is 32.0 Å². The van der Waals surface area contributed by atoms with Gasteiger partial charge in [-0.05, 0) is 17.2 Å². The molecule has 0 aliphatic heterocycles. The van der Waals surface area contributed by atoms with Gasteiger partial charge in [-0.2, -0.15) is 0 Å². The Kier molecular flexibility index (Phi) is 7.67. The van der Waals surface area contributed by atoms with Crippen LogP contribution >= 0.6 is 0 Å². The second-order valence-corrected chi connectivity index (χ2v) is 5.72. The molecule has 130 valence electrons. The standard InChI is InChI=1S/C22H24O3/c1-2-22(24)25-21(16-14-19-11-7-4-8-12-19)17-20(23)15-13-18-9-5-3-6-10-18/h3-16,20-21,23H,2,17H2,1H3/b15-13+,16-14+/t20-,21+/m1/s1. The number of carbonyl (C=O) groups is 1. The molecule has 0 saturated carbocycles. The highest BCUT2D eigenvalue weighted by Gasteiger charge is 2.14. The van der Waals surface area contributed by atoms with Crippen molar-refractivity contribution in [1.82, 2.24) is 0 Å². The summed E-state index contributed by atoms with van der Waals surface area (Å²) < 4.78 is 5.42. The van der Waals surface area contributed by atoms with Crippen LogP contribution in [0.1, 0.15) is 30.9 Å². The number of hydrogen-bond donors (Lipinski definition) is 1. The highest BCUT2D eigenvalue weighted by Crippen LogP contribution is 2.12. The van der Waals surface area contributed by atoms with Crippen LogP contribution in [0.2, 0.25) is 0 Å². The van der Waals surface area contributed by atoms with Gasteiger partial charge in [-0.1, -0.05) is 85.8 Å². The third kappa shape index (κ3) is 7.19. The minimum absolute atomic E-state index is 0.276. The van der Waals surface area contributed by atoms with E-state index >= 15 is 0 Å². The lowest BCUT2D eigenvalue weighted by molar-refractivity contribution is -0.147. The number of benzene rings is 2. The Balaban J connectivity index is 2.00. The second kappa shape index (κ2) is 10.3. The zero-order valence-corrected chi connectivity index (χ0v) is 14.4. The van der Waals surface area contributed by atoms with Gasteiger partial charge in [0, 0.05) is 12.8 Å². The summed E-state index contributed by atoms with van der Waals surface area (Å²) in [4.78, 5) is 11.6. The van der Waals surface area contributed by atoms with Crippen LogP contribution in [0.5, 0.6) is 0 Å². The first-order valence-corrected chi connectivity index (χ1v) is 8.51. The molecule has 0 radical (unpaired) electrons. The molecule has 2 atom stereocenters. The molecule has 1 N–H and O–H groups in total. The molecule has 0 heterocycles. The monoisotopic (exact) mass is 336 g/mol. The molecule has 0 fully saturated rings. The van der Waals surface area contributed by atoms with Gasteiger partial charge in [0.1, 0.15) is 6.10 Å². The van der Waals surface area contributed by atoms with Crippen molar-refractivity contribution in [2.24, 2.45) is 0 Å². The number of ether oxygens (including phenoxy) is 1. The molecule has 0 saturated heterocycles. The van der Waals surface area contributed by atoms with E-state index in [0.29, 0.717) is 12.8 Å². The fourth-order valence-electron chi connectivity index (χ4n) is 2.30. The second-order valence-electron chi connectivity index (χ2n) is 5.72. The van der Waals surface area contributed by atoms with Gasteiger partial charge in [-0.3, -0.25) is 4.79 Å². The maximum absolute atomic E-state index is 11.6. The first-order chi connectivity index (χ1) is 12.2. The molecule has 3 nitrogen and oxygen atoms in total. The van der Waals surface area contributed by atoms with Crippen molar-refractivity contribution in [1.29, 1.82) is 0 Å². The summed E-state index contributed by atoms with van der Waals surface area (Å²) in [5.41, 5.74) is 2.04. The Hall–Kier alpha value is -2.65. The quantitative estimate of drug-likeness (QED) is 0.723. The molecule has 2 rings (SSSR count). The van der Waals surface area contributed by atoms with E-state index in [4.69, 9.17) is 4.74 Å². The van der Waals surface area contributed by atoms with Crippen molar-refractivity contribution in [3.05, 3.63) is 83.9 Å². The van der Waals surface area contributed by atoms with Crippen LogP contribution in [-0.2, 0) is 9.53 Å². The largest absolute Gasteiger partial charge is 0.458 e. The summed E-state index contributed by atoms with van der Waals surface area (Å²) >= 11 is 0. The molecule has 0 aliphatic rings. The zero-order chi connectivity index (χ0) is 17.9. The van der Waals surface area contributed by atoms with Gasteiger partial charge in [0.15, 0.2) is 0 Å². The average molecular weight is 336 g/mol. The summed E-state index contributed by atoms with van der Waals surface area (Å²) in [6.45, 7) is 1.76. The van der Waals surface area contributed by atoms with E-state index in [1.165, 1.54) is 0 Å². The van der Waals surface area contributed by atoms with Crippen molar-refractivity contribution in [3.8, 4) is 0 Å². The molecular weight excluding hydrogens is 312 g/mol. The SMILES string of the molecule is CCC(=O)O[C@@H](/C=C/c1ccccc1)C[C@H](O)/C=C/c1ccccc1. The van der Waals surface area contributed by atoms with Crippen LogP contribution in [0.3, 0.4) is 0 Å². The van der Waals surface area contributed by atoms with Gasteiger partial charge in [0.25, 0.3) is 0 Å². The van der Waals surface area contributed by atoms with E-state index in [1.807, 2.05) is 78.9 Å². The number of carbonyl (C=O) groups excluding carboxylic acids is 1. The maximum Gasteiger partial charge on any atom is 0.306 e. The fraction of sp³-hybridized carbons (Fsp3) is 0.227. The summed E-state index contributed by atoms with van der Waals surface area (Å²) in [5, 5.41) is 10.3. The highest BCUT2D eigenvalue weighted by molar-refractivity contribution is 5.69. The maximum atomic E-state index is 11.6. The molecule has 0 amide bonds. The Bertz CT molecular complexity index is 690. The van der Waals surface area contributed by atoms with Crippen molar-refractivity contribution < 1.29 is 14.6 Å². The number of rotatable bonds is 8. The molecule has 2 aromatic rings. The molecule has 0 unspecified atom stereocenters. The number of hydrogen-bond acceptors (Lipinski definition) is 3. The highest BCUT2D eigenvalue weighted by atomic mass is 16.5. The molecular formula is C22H24O3.